The maximum absolute atomic E-state index is 3.73. The molecule has 1 aliphatic heterocycles. The lowest BCUT2D eigenvalue weighted by atomic mass is 9.82. The molecule has 2 aliphatic rings. The Kier molecular flexibility index (Phi) is 6.82. The zero-order valence-electron chi connectivity index (χ0n) is 32.2. The summed E-state index contributed by atoms with van der Waals surface area (Å²) in [6, 6.07) is 69.7. The molecule has 0 saturated heterocycles. The predicted octanol–water partition coefficient (Wildman–Crippen LogP) is 15.3. The van der Waals surface area contributed by atoms with Crippen molar-refractivity contribution in [3.63, 3.8) is 0 Å². The molecule has 13 rings (SSSR count). The van der Waals surface area contributed by atoms with Gasteiger partial charge in [0.1, 0.15) is 0 Å². The number of nitrogens with one attached hydrogen (secondary N) is 1. The van der Waals surface area contributed by atoms with E-state index >= 15 is 0 Å². The van der Waals surface area contributed by atoms with Crippen molar-refractivity contribution >= 4 is 65.9 Å². The standard InChI is InChI=1S/C57H36N2/c1-3-14-37(15-4-1)50-44-20-9-10-21-45(44)51(38-16-5-2-6-17-38)55-47-31-30-41(43-22-11-23-46(52(43)47)54(50)55)36-24-28-40(29-25-36)59-48-32-26-35-13-7-8-19-42(35)53(48)56-49(59)33-27-39-18-12-34-58-57(39)56/h1-33,58H,34H2. The lowest BCUT2D eigenvalue weighted by molar-refractivity contribution is 1.18. The van der Waals surface area contributed by atoms with Crippen molar-refractivity contribution in [3.05, 3.63) is 200 Å². The Morgan fingerprint density at radius 1 is 0.373 bits per heavy atom. The van der Waals surface area contributed by atoms with Gasteiger partial charge in [-0.05, 0) is 118 Å². The summed E-state index contributed by atoms with van der Waals surface area (Å²) < 4.78 is 2.45. The summed E-state index contributed by atoms with van der Waals surface area (Å²) in [6.07, 6.45) is 4.45. The topological polar surface area (TPSA) is 17.0 Å². The van der Waals surface area contributed by atoms with Crippen LogP contribution >= 0.6 is 0 Å². The van der Waals surface area contributed by atoms with Crippen LogP contribution in [0.2, 0.25) is 0 Å². The van der Waals surface area contributed by atoms with Crippen LogP contribution < -0.4 is 5.32 Å². The van der Waals surface area contributed by atoms with E-state index in [1.807, 2.05) is 0 Å². The maximum Gasteiger partial charge on any atom is 0.0562 e. The van der Waals surface area contributed by atoms with E-state index in [4.69, 9.17) is 0 Å². The van der Waals surface area contributed by atoms with Crippen molar-refractivity contribution in [2.24, 2.45) is 0 Å². The largest absolute Gasteiger partial charge is 0.381 e. The van der Waals surface area contributed by atoms with E-state index < -0.39 is 0 Å². The number of aromatic nitrogens is 1. The Balaban J connectivity index is 1.03. The van der Waals surface area contributed by atoms with Crippen molar-refractivity contribution in [2.45, 2.75) is 0 Å². The zero-order chi connectivity index (χ0) is 38.6. The minimum Gasteiger partial charge on any atom is -0.381 e. The minimum absolute atomic E-state index is 0.829. The molecule has 10 aromatic carbocycles. The normalized spacial score (nSPS) is 12.7. The van der Waals surface area contributed by atoms with Gasteiger partial charge in [0.2, 0.25) is 0 Å². The van der Waals surface area contributed by atoms with Crippen molar-refractivity contribution < 1.29 is 0 Å². The van der Waals surface area contributed by atoms with Crippen LogP contribution in [0.1, 0.15) is 5.56 Å². The second kappa shape index (κ2) is 12.4. The molecule has 0 atom stereocenters. The van der Waals surface area contributed by atoms with Crippen LogP contribution in [0, 0.1) is 0 Å². The molecule has 0 radical (unpaired) electrons. The first kappa shape index (κ1) is 32.4. The Hall–Kier alpha value is -7.68. The van der Waals surface area contributed by atoms with Gasteiger partial charge >= 0.3 is 0 Å². The molecule has 1 N–H and O–H groups in total. The molecular formula is C57H36N2. The Bertz CT molecular complexity index is 3480. The van der Waals surface area contributed by atoms with Crippen LogP contribution in [0.15, 0.2) is 194 Å². The van der Waals surface area contributed by atoms with E-state index in [9.17, 15) is 0 Å². The van der Waals surface area contributed by atoms with Crippen molar-refractivity contribution in [1.29, 1.82) is 0 Å². The molecule has 2 nitrogen and oxygen atoms in total. The fourth-order valence-electron chi connectivity index (χ4n) is 10.5. The number of nitrogens with zero attached hydrogens (tertiary/aromatic N) is 1. The molecule has 0 unspecified atom stereocenters. The summed E-state index contributed by atoms with van der Waals surface area (Å²) in [5.41, 5.74) is 18.8. The predicted molar refractivity (Wildman–Crippen MR) is 252 cm³/mol. The molecular weight excluding hydrogens is 713 g/mol. The molecule has 2 heteroatoms. The first-order valence-corrected chi connectivity index (χ1v) is 20.6. The lowest BCUT2D eigenvalue weighted by Crippen LogP contribution is -2.04. The maximum atomic E-state index is 3.73. The molecule has 1 aliphatic carbocycles. The highest BCUT2D eigenvalue weighted by Gasteiger charge is 2.31. The summed E-state index contributed by atoms with van der Waals surface area (Å²) >= 11 is 0. The average molecular weight is 749 g/mol. The fourth-order valence-corrected chi connectivity index (χ4v) is 10.5. The summed E-state index contributed by atoms with van der Waals surface area (Å²) in [7, 11) is 0. The summed E-state index contributed by atoms with van der Waals surface area (Å²) in [5, 5.41) is 14.0. The third-order valence-corrected chi connectivity index (χ3v) is 12.9. The number of hydrogen-bond donors (Lipinski definition) is 1. The van der Waals surface area contributed by atoms with Crippen LogP contribution in [0.25, 0.3) is 122 Å². The third kappa shape index (κ3) is 4.57. The van der Waals surface area contributed by atoms with E-state index in [2.05, 4.69) is 210 Å². The van der Waals surface area contributed by atoms with Gasteiger partial charge in [0.15, 0.2) is 0 Å². The van der Waals surface area contributed by atoms with Crippen molar-refractivity contribution in [1.82, 2.24) is 4.57 Å². The molecule has 274 valence electrons. The number of rotatable bonds is 4. The second-order valence-corrected chi connectivity index (χ2v) is 15.9. The smallest absolute Gasteiger partial charge is 0.0562 e. The molecule has 0 bridgehead atoms. The summed E-state index contributed by atoms with van der Waals surface area (Å²) in [4.78, 5) is 0. The van der Waals surface area contributed by atoms with E-state index in [1.165, 1.54) is 121 Å². The number of anilines is 1. The van der Waals surface area contributed by atoms with Crippen LogP contribution in [0.5, 0.6) is 0 Å². The highest BCUT2D eigenvalue weighted by molar-refractivity contribution is 6.29. The lowest BCUT2D eigenvalue weighted by Gasteiger charge is -2.20. The third-order valence-electron chi connectivity index (χ3n) is 12.9. The van der Waals surface area contributed by atoms with Crippen LogP contribution in [0.3, 0.4) is 0 Å². The molecule has 0 fully saturated rings. The minimum atomic E-state index is 0.829. The highest BCUT2D eigenvalue weighted by Crippen LogP contribution is 2.58. The molecule has 0 saturated carbocycles. The van der Waals surface area contributed by atoms with Gasteiger partial charge in [0.05, 0.1) is 16.7 Å². The van der Waals surface area contributed by atoms with Crippen LogP contribution in [-0.4, -0.2) is 11.1 Å². The van der Waals surface area contributed by atoms with E-state index in [-0.39, 0.29) is 0 Å². The number of hydrogen-bond acceptors (Lipinski definition) is 1. The first-order chi connectivity index (χ1) is 29.3. The zero-order valence-corrected chi connectivity index (χ0v) is 32.2. The van der Waals surface area contributed by atoms with E-state index in [0.29, 0.717) is 0 Å². The highest BCUT2D eigenvalue weighted by atomic mass is 15.0. The fraction of sp³-hybridized carbons (Fsp3) is 0.0175. The Labute approximate surface area is 341 Å². The molecule has 2 heterocycles. The van der Waals surface area contributed by atoms with Gasteiger partial charge in [-0.1, -0.05) is 176 Å². The molecule has 0 amide bonds. The SMILES string of the molecule is C1=Cc2ccc3c(c2NC1)c1c2ccccc2ccc1n3-c1ccc(-c2ccc3c4c(cccc24)-c2c-3c(-c3ccccc3)c3ccccc3c2-c2ccccc2)cc1. The molecule has 11 aromatic rings. The molecule has 0 spiro atoms. The first-order valence-electron chi connectivity index (χ1n) is 20.6. The van der Waals surface area contributed by atoms with Gasteiger partial charge in [0.25, 0.3) is 0 Å². The Morgan fingerprint density at radius 2 is 0.966 bits per heavy atom. The van der Waals surface area contributed by atoms with Crippen molar-refractivity contribution in [2.75, 3.05) is 11.9 Å². The second-order valence-electron chi connectivity index (χ2n) is 15.9. The monoisotopic (exact) mass is 748 g/mol. The van der Waals surface area contributed by atoms with Gasteiger partial charge in [0, 0.05) is 23.0 Å². The summed E-state index contributed by atoms with van der Waals surface area (Å²) in [6.45, 7) is 0.829. The summed E-state index contributed by atoms with van der Waals surface area (Å²) in [5.74, 6) is 0. The number of fused-ring (bicyclic) bond motifs is 11. The van der Waals surface area contributed by atoms with E-state index in [1.54, 1.807) is 0 Å². The molecule has 1 aromatic heterocycles. The van der Waals surface area contributed by atoms with Gasteiger partial charge in [-0.3, -0.25) is 0 Å². The average Bonchev–Trinajstić information content (AvgIpc) is 3.83. The van der Waals surface area contributed by atoms with Crippen LogP contribution in [-0.2, 0) is 0 Å². The van der Waals surface area contributed by atoms with Gasteiger partial charge in [-0.25, -0.2) is 0 Å². The quantitative estimate of drug-likeness (QED) is 0.190. The Morgan fingerprint density at radius 3 is 1.69 bits per heavy atom. The van der Waals surface area contributed by atoms with Gasteiger partial charge in [-0.2, -0.15) is 0 Å². The van der Waals surface area contributed by atoms with E-state index in [0.717, 1.165) is 12.2 Å². The van der Waals surface area contributed by atoms with Crippen molar-refractivity contribution in [3.8, 4) is 61.3 Å². The van der Waals surface area contributed by atoms with Crippen LogP contribution in [0.4, 0.5) is 5.69 Å². The van der Waals surface area contributed by atoms with Gasteiger partial charge < -0.3 is 9.88 Å². The van der Waals surface area contributed by atoms with Gasteiger partial charge in [-0.15, -0.1) is 0 Å². The molecule has 59 heavy (non-hydrogen) atoms. The number of benzene rings is 10.